The van der Waals surface area contributed by atoms with Crippen LogP contribution in [0.25, 0.3) is 0 Å². The molecule has 1 aromatic rings. The van der Waals surface area contributed by atoms with Gasteiger partial charge in [0.05, 0.1) is 0 Å². The van der Waals surface area contributed by atoms with E-state index in [0.717, 1.165) is 5.56 Å². The monoisotopic (exact) mass is 249 g/mol. The van der Waals surface area contributed by atoms with E-state index in [1.165, 1.54) is 4.90 Å². The Morgan fingerprint density at radius 2 is 1.94 bits per heavy atom. The molecule has 0 bridgehead atoms. The molecule has 2 N–H and O–H groups in total. The third-order valence-corrected chi connectivity index (χ3v) is 2.48. The molecule has 0 saturated carbocycles. The van der Waals surface area contributed by atoms with Crippen molar-refractivity contribution in [1.82, 2.24) is 10.2 Å². The van der Waals surface area contributed by atoms with Crippen LogP contribution in [-0.2, 0) is 0 Å². The minimum Gasteiger partial charge on any atom is -0.345 e. The molecule has 18 heavy (non-hydrogen) atoms. The van der Waals surface area contributed by atoms with E-state index in [1.807, 2.05) is 19.9 Å². The maximum Gasteiger partial charge on any atom is 0.319 e. The maximum absolute atomic E-state index is 11.8. The molecular weight excluding hydrogens is 230 g/mol. The molecule has 1 rings (SSSR count). The SMILES string of the molecule is CCNC(=O)Nc1cc(C(=O)N(C)C)ccc1C. The average Bonchev–Trinajstić information content (AvgIpc) is 2.31. The molecule has 0 unspecified atom stereocenters. The smallest absolute Gasteiger partial charge is 0.319 e. The number of carbonyl (C=O) groups excluding carboxylic acids is 2. The van der Waals surface area contributed by atoms with Gasteiger partial charge in [0.25, 0.3) is 5.91 Å². The van der Waals surface area contributed by atoms with Gasteiger partial charge < -0.3 is 15.5 Å². The van der Waals surface area contributed by atoms with E-state index < -0.39 is 0 Å². The molecule has 98 valence electrons. The zero-order chi connectivity index (χ0) is 13.7. The first-order chi connectivity index (χ1) is 8.45. The normalized spacial score (nSPS) is 9.78. The van der Waals surface area contributed by atoms with E-state index in [2.05, 4.69) is 10.6 Å². The lowest BCUT2D eigenvalue weighted by atomic mass is 10.1. The van der Waals surface area contributed by atoms with Crippen LogP contribution in [0.3, 0.4) is 0 Å². The summed E-state index contributed by atoms with van der Waals surface area (Å²) in [5, 5.41) is 5.37. The van der Waals surface area contributed by atoms with Crippen molar-refractivity contribution in [1.29, 1.82) is 0 Å². The van der Waals surface area contributed by atoms with Crippen LogP contribution in [0.2, 0.25) is 0 Å². The average molecular weight is 249 g/mol. The number of nitrogens with zero attached hydrogens (tertiary/aromatic N) is 1. The van der Waals surface area contributed by atoms with Gasteiger partial charge in [-0.05, 0) is 31.5 Å². The molecule has 0 radical (unpaired) electrons. The number of anilines is 1. The number of urea groups is 1. The van der Waals surface area contributed by atoms with Crippen LogP contribution < -0.4 is 10.6 Å². The van der Waals surface area contributed by atoms with Crippen LogP contribution >= 0.6 is 0 Å². The molecule has 0 aliphatic rings. The number of benzene rings is 1. The Kier molecular flexibility index (Phi) is 4.71. The molecule has 0 fully saturated rings. The van der Waals surface area contributed by atoms with Gasteiger partial charge in [0, 0.05) is 31.9 Å². The fraction of sp³-hybridized carbons (Fsp3) is 0.385. The molecule has 0 spiro atoms. The highest BCUT2D eigenvalue weighted by Crippen LogP contribution is 2.17. The van der Waals surface area contributed by atoms with Crippen molar-refractivity contribution >= 4 is 17.6 Å². The maximum atomic E-state index is 11.8. The van der Waals surface area contributed by atoms with Gasteiger partial charge in [-0.3, -0.25) is 4.79 Å². The molecule has 0 aromatic heterocycles. The third kappa shape index (κ3) is 3.48. The van der Waals surface area contributed by atoms with Gasteiger partial charge in [-0.1, -0.05) is 6.07 Å². The lowest BCUT2D eigenvalue weighted by molar-refractivity contribution is 0.0827. The van der Waals surface area contributed by atoms with Gasteiger partial charge in [0.15, 0.2) is 0 Å². The summed E-state index contributed by atoms with van der Waals surface area (Å²) in [6.07, 6.45) is 0. The Morgan fingerprint density at radius 3 is 2.50 bits per heavy atom. The van der Waals surface area contributed by atoms with Crippen molar-refractivity contribution in [3.63, 3.8) is 0 Å². The molecule has 3 amide bonds. The molecule has 0 aliphatic heterocycles. The van der Waals surface area contributed by atoms with Crippen LogP contribution in [0.1, 0.15) is 22.8 Å². The van der Waals surface area contributed by atoms with E-state index in [9.17, 15) is 9.59 Å². The lowest BCUT2D eigenvalue weighted by Crippen LogP contribution is -2.28. The second-order valence-electron chi connectivity index (χ2n) is 4.21. The summed E-state index contributed by atoms with van der Waals surface area (Å²) in [7, 11) is 3.39. The second kappa shape index (κ2) is 6.05. The fourth-order valence-electron chi connectivity index (χ4n) is 1.47. The van der Waals surface area contributed by atoms with Crippen LogP contribution in [0.15, 0.2) is 18.2 Å². The van der Waals surface area contributed by atoms with Crippen molar-refractivity contribution < 1.29 is 9.59 Å². The molecule has 0 atom stereocenters. The minimum absolute atomic E-state index is 0.0889. The first-order valence-corrected chi connectivity index (χ1v) is 5.82. The van der Waals surface area contributed by atoms with E-state index in [-0.39, 0.29) is 11.9 Å². The van der Waals surface area contributed by atoms with Gasteiger partial charge in [0.1, 0.15) is 0 Å². The summed E-state index contributed by atoms with van der Waals surface area (Å²) in [4.78, 5) is 24.8. The third-order valence-electron chi connectivity index (χ3n) is 2.48. The molecule has 1 aromatic carbocycles. The van der Waals surface area contributed by atoms with Gasteiger partial charge in [-0.15, -0.1) is 0 Å². The summed E-state index contributed by atoms with van der Waals surface area (Å²) in [5.41, 5.74) is 2.11. The Bertz CT molecular complexity index is 456. The molecular formula is C13H19N3O2. The van der Waals surface area contributed by atoms with Crippen LogP contribution in [0, 0.1) is 6.92 Å². The van der Waals surface area contributed by atoms with Gasteiger partial charge in [0.2, 0.25) is 0 Å². The summed E-state index contributed by atoms with van der Waals surface area (Å²) in [5.74, 6) is -0.0889. The quantitative estimate of drug-likeness (QED) is 0.858. The molecule has 0 aliphatic carbocycles. The zero-order valence-corrected chi connectivity index (χ0v) is 11.2. The predicted molar refractivity (Wildman–Crippen MR) is 71.9 cm³/mol. The first-order valence-electron chi connectivity index (χ1n) is 5.82. The van der Waals surface area contributed by atoms with Crippen molar-refractivity contribution in [3.05, 3.63) is 29.3 Å². The van der Waals surface area contributed by atoms with E-state index in [0.29, 0.717) is 17.8 Å². The van der Waals surface area contributed by atoms with Crippen LogP contribution in [-0.4, -0.2) is 37.5 Å². The number of aryl methyl sites for hydroxylation is 1. The van der Waals surface area contributed by atoms with Crippen molar-refractivity contribution in [2.24, 2.45) is 0 Å². The highest BCUT2D eigenvalue weighted by Gasteiger charge is 2.11. The number of hydrogen-bond donors (Lipinski definition) is 2. The minimum atomic E-state index is -0.268. The largest absolute Gasteiger partial charge is 0.345 e. The summed E-state index contributed by atoms with van der Waals surface area (Å²) in [6.45, 7) is 4.28. The second-order valence-corrected chi connectivity index (χ2v) is 4.21. The standard InChI is InChI=1S/C13H19N3O2/c1-5-14-13(18)15-11-8-10(7-6-9(11)2)12(17)16(3)4/h6-8H,5H2,1-4H3,(H2,14,15,18). The highest BCUT2D eigenvalue weighted by atomic mass is 16.2. The predicted octanol–water partition coefficient (Wildman–Crippen LogP) is 1.84. The van der Waals surface area contributed by atoms with Crippen molar-refractivity contribution in [2.75, 3.05) is 26.0 Å². The number of hydrogen-bond acceptors (Lipinski definition) is 2. The first kappa shape index (κ1) is 14.0. The van der Waals surface area contributed by atoms with E-state index >= 15 is 0 Å². The van der Waals surface area contributed by atoms with E-state index in [1.54, 1.807) is 26.2 Å². The topological polar surface area (TPSA) is 61.4 Å². The molecule has 0 heterocycles. The number of carbonyl (C=O) groups is 2. The Morgan fingerprint density at radius 1 is 1.28 bits per heavy atom. The summed E-state index contributed by atoms with van der Waals surface area (Å²) >= 11 is 0. The molecule has 5 nitrogen and oxygen atoms in total. The van der Waals surface area contributed by atoms with Crippen LogP contribution in [0.5, 0.6) is 0 Å². The lowest BCUT2D eigenvalue weighted by Gasteiger charge is -2.13. The fourth-order valence-corrected chi connectivity index (χ4v) is 1.47. The summed E-state index contributed by atoms with van der Waals surface area (Å²) < 4.78 is 0. The van der Waals surface area contributed by atoms with E-state index in [4.69, 9.17) is 0 Å². The Labute approximate surface area is 107 Å². The number of rotatable bonds is 3. The van der Waals surface area contributed by atoms with Gasteiger partial charge in [-0.2, -0.15) is 0 Å². The Hall–Kier alpha value is -2.04. The zero-order valence-electron chi connectivity index (χ0n) is 11.2. The number of amides is 3. The molecule has 0 saturated heterocycles. The molecule has 5 heteroatoms. The van der Waals surface area contributed by atoms with Gasteiger partial charge >= 0.3 is 6.03 Å². The van der Waals surface area contributed by atoms with Crippen LogP contribution in [0.4, 0.5) is 10.5 Å². The van der Waals surface area contributed by atoms with Gasteiger partial charge in [-0.25, -0.2) is 4.79 Å². The van der Waals surface area contributed by atoms with Crippen molar-refractivity contribution in [3.8, 4) is 0 Å². The Balaban J connectivity index is 2.94. The highest BCUT2D eigenvalue weighted by molar-refractivity contribution is 5.97. The summed E-state index contributed by atoms with van der Waals surface area (Å²) in [6, 6.07) is 4.99. The van der Waals surface area contributed by atoms with Crippen molar-refractivity contribution in [2.45, 2.75) is 13.8 Å². The number of nitrogens with one attached hydrogen (secondary N) is 2.